The number of aromatic nitrogens is 2. The number of hydrogen-bond acceptors (Lipinski definition) is 4. The minimum atomic E-state index is -0.00366. The highest BCUT2D eigenvalue weighted by Crippen LogP contribution is 2.18. The summed E-state index contributed by atoms with van der Waals surface area (Å²) in [6, 6.07) is 0. The van der Waals surface area contributed by atoms with Crippen LogP contribution in [0.1, 0.15) is 6.42 Å². The van der Waals surface area contributed by atoms with Gasteiger partial charge < -0.3 is 10.6 Å². The number of rotatable bonds is 0. The topological polar surface area (TPSA) is 66.9 Å². The van der Waals surface area contributed by atoms with Gasteiger partial charge in [-0.15, -0.1) is 0 Å². The van der Waals surface area contributed by atoms with Crippen molar-refractivity contribution >= 4 is 17.4 Å². The minimum Gasteiger partial charge on any atom is -0.368 e. The van der Waals surface area contributed by atoms with Crippen molar-refractivity contribution in [2.45, 2.75) is 6.42 Å². The molecule has 2 N–H and O–H groups in total. The Bertz CT molecular complexity index is 312. The summed E-state index contributed by atoms with van der Waals surface area (Å²) in [5.74, 6) is 0.687. The van der Waals surface area contributed by atoms with Gasteiger partial charge in [0.1, 0.15) is 12.0 Å². The minimum absolute atomic E-state index is 0.00366. The maximum absolute atomic E-state index is 11.0. The fourth-order valence-electron chi connectivity index (χ4n) is 1.07. The van der Waals surface area contributed by atoms with Gasteiger partial charge in [-0.2, -0.15) is 0 Å². The zero-order chi connectivity index (χ0) is 8.39. The fraction of sp³-hybridized carbons (Fsp3) is 0.286. The second kappa shape index (κ2) is 2.77. The lowest BCUT2D eigenvalue weighted by Gasteiger charge is -2.03. The first kappa shape index (κ1) is 7.02. The zero-order valence-corrected chi connectivity index (χ0v) is 6.37. The van der Waals surface area contributed by atoms with E-state index >= 15 is 0 Å². The quantitative estimate of drug-likeness (QED) is 0.576. The van der Waals surface area contributed by atoms with E-state index in [2.05, 4.69) is 20.6 Å². The van der Waals surface area contributed by atoms with Gasteiger partial charge in [-0.1, -0.05) is 0 Å². The van der Waals surface area contributed by atoms with Crippen LogP contribution in [-0.4, -0.2) is 22.4 Å². The zero-order valence-electron chi connectivity index (χ0n) is 6.37. The highest BCUT2D eigenvalue weighted by atomic mass is 16.1. The molecule has 0 fully saturated rings. The van der Waals surface area contributed by atoms with Crippen LogP contribution in [0.3, 0.4) is 0 Å². The largest absolute Gasteiger partial charge is 0.368 e. The smallest absolute Gasteiger partial charge is 0.226 e. The molecular weight excluding hydrogens is 156 g/mol. The molecule has 0 bridgehead atoms. The van der Waals surface area contributed by atoms with E-state index in [-0.39, 0.29) is 5.91 Å². The Hall–Kier alpha value is -1.65. The summed E-state index contributed by atoms with van der Waals surface area (Å²) in [6.45, 7) is 0.621. The van der Waals surface area contributed by atoms with Gasteiger partial charge in [0, 0.05) is 13.0 Å². The Kier molecular flexibility index (Phi) is 1.62. The number of carbonyl (C=O) groups excluding carboxylic acids is 1. The van der Waals surface area contributed by atoms with Crippen LogP contribution in [-0.2, 0) is 4.79 Å². The van der Waals surface area contributed by atoms with Crippen LogP contribution in [0.5, 0.6) is 0 Å². The first-order chi connectivity index (χ1) is 5.86. The molecule has 0 unspecified atom stereocenters. The average molecular weight is 164 g/mol. The normalized spacial score (nSPS) is 15.5. The molecule has 0 aromatic carbocycles. The summed E-state index contributed by atoms with van der Waals surface area (Å²) < 4.78 is 0. The van der Waals surface area contributed by atoms with E-state index in [1.54, 1.807) is 6.20 Å². The second-order valence-electron chi connectivity index (χ2n) is 2.51. The Morgan fingerprint density at radius 2 is 2.42 bits per heavy atom. The number of hydrogen-bond donors (Lipinski definition) is 2. The number of anilines is 2. The van der Waals surface area contributed by atoms with Crippen LogP contribution in [0.4, 0.5) is 11.5 Å². The molecule has 0 aliphatic carbocycles. The van der Waals surface area contributed by atoms with Crippen molar-refractivity contribution < 1.29 is 4.79 Å². The number of nitrogens with one attached hydrogen (secondary N) is 2. The van der Waals surface area contributed by atoms with Crippen LogP contribution in [0.2, 0.25) is 0 Å². The van der Waals surface area contributed by atoms with Gasteiger partial charge >= 0.3 is 0 Å². The molecule has 5 heteroatoms. The van der Waals surface area contributed by atoms with Gasteiger partial charge in [0.25, 0.3) is 0 Å². The van der Waals surface area contributed by atoms with E-state index in [1.807, 2.05) is 0 Å². The van der Waals surface area contributed by atoms with Crippen LogP contribution in [0.25, 0.3) is 0 Å². The lowest BCUT2D eigenvalue weighted by atomic mass is 10.4. The molecule has 1 amide bonds. The maximum atomic E-state index is 11.0. The Morgan fingerprint density at radius 3 is 3.33 bits per heavy atom. The van der Waals surface area contributed by atoms with Crippen molar-refractivity contribution in [3.8, 4) is 0 Å². The molecule has 1 aliphatic rings. The summed E-state index contributed by atoms with van der Waals surface area (Å²) in [7, 11) is 0. The second-order valence-corrected chi connectivity index (χ2v) is 2.51. The Balaban J connectivity index is 2.37. The summed E-state index contributed by atoms with van der Waals surface area (Å²) >= 11 is 0. The van der Waals surface area contributed by atoms with Crippen molar-refractivity contribution in [3.63, 3.8) is 0 Å². The SMILES string of the molecule is O=C1CCNc2ncncc2N1. The summed E-state index contributed by atoms with van der Waals surface area (Å²) in [5.41, 5.74) is 0.653. The molecule has 0 spiro atoms. The fourth-order valence-corrected chi connectivity index (χ4v) is 1.07. The molecule has 0 radical (unpaired) electrons. The monoisotopic (exact) mass is 164 g/mol. The van der Waals surface area contributed by atoms with Crippen molar-refractivity contribution in [1.29, 1.82) is 0 Å². The number of carbonyl (C=O) groups is 1. The predicted molar refractivity (Wildman–Crippen MR) is 43.8 cm³/mol. The molecule has 0 saturated carbocycles. The Labute approximate surface area is 69.2 Å². The van der Waals surface area contributed by atoms with Gasteiger partial charge in [0.2, 0.25) is 5.91 Å². The van der Waals surface area contributed by atoms with E-state index < -0.39 is 0 Å². The summed E-state index contributed by atoms with van der Waals surface area (Å²) in [5, 5.41) is 5.72. The lowest BCUT2D eigenvalue weighted by molar-refractivity contribution is -0.115. The molecule has 0 atom stereocenters. The van der Waals surface area contributed by atoms with E-state index in [4.69, 9.17) is 0 Å². The number of nitrogens with zero attached hydrogens (tertiary/aromatic N) is 2. The molecule has 12 heavy (non-hydrogen) atoms. The lowest BCUT2D eigenvalue weighted by Crippen LogP contribution is -2.10. The van der Waals surface area contributed by atoms with Gasteiger partial charge in [-0.25, -0.2) is 9.97 Å². The average Bonchev–Trinajstić information content (AvgIpc) is 2.25. The van der Waals surface area contributed by atoms with Crippen molar-refractivity contribution in [1.82, 2.24) is 9.97 Å². The Morgan fingerprint density at radius 1 is 1.50 bits per heavy atom. The van der Waals surface area contributed by atoms with Crippen molar-refractivity contribution in [3.05, 3.63) is 12.5 Å². The van der Waals surface area contributed by atoms with Gasteiger partial charge in [0.15, 0.2) is 5.82 Å². The van der Waals surface area contributed by atoms with E-state index in [9.17, 15) is 4.79 Å². The molecule has 62 valence electrons. The van der Waals surface area contributed by atoms with Crippen LogP contribution >= 0.6 is 0 Å². The first-order valence-electron chi connectivity index (χ1n) is 3.70. The molecule has 1 aliphatic heterocycles. The third-order valence-electron chi connectivity index (χ3n) is 1.63. The van der Waals surface area contributed by atoms with E-state index in [0.29, 0.717) is 24.5 Å². The molecule has 2 heterocycles. The number of fused-ring (bicyclic) bond motifs is 1. The van der Waals surface area contributed by atoms with Gasteiger partial charge in [-0.05, 0) is 0 Å². The van der Waals surface area contributed by atoms with Crippen LogP contribution in [0.15, 0.2) is 12.5 Å². The van der Waals surface area contributed by atoms with Gasteiger partial charge in [-0.3, -0.25) is 4.79 Å². The third-order valence-corrected chi connectivity index (χ3v) is 1.63. The van der Waals surface area contributed by atoms with Crippen molar-refractivity contribution in [2.24, 2.45) is 0 Å². The van der Waals surface area contributed by atoms with E-state index in [0.717, 1.165) is 0 Å². The van der Waals surface area contributed by atoms with Crippen LogP contribution < -0.4 is 10.6 Å². The van der Waals surface area contributed by atoms with Crippen molar-refractivity contribution in [2.75, 3.05) is 17.2 Å². The summed E-state index contributed by atoms with van der Waals surface area (Å²) in [4.78, 5) is 18.8. The molecule has 2 rings (SSSR count). The molecule has 0 saturated heterocycles. The first-order valence-corrected chi connectivity index (χ1v) is 3.70. The molecule has 1 aromatic heterocycles. The number of amides is 1. The van der Waals surface area contributed by atoms with E-state index in [1.165, 1.54) is 6.33 Å². The molecule has 5 nitrogen and oxygen atoms in total. The molecular formula is C7H8N4O. The highest BCUT2D eigenvalue weighted by Gasteiger charge is 2.11. The maximum Gasteiger partial charge on any atom is 0.226 e. The predicted octanol–water partition coefficient (Wildman–Crippen LogP) is 0.231. The highest BCUT2D eigenvalue weighted by molar-refractivity contribution is 5.94. The van der Waals surface area contributed by atoms with Crippen LogP contribution in [0, 0.1) is 0 Å². The summed E-state index contributed by atoms with van der Waals surface area (Å²) in [6.07, 6.45) is 3.50. The molecule has 1 aromatic rings. The van der Waals surface area contributed by atoms with Gasteiger partial charge in [0.05, 0.1) is 6.20 Å². The third kappa shape index (κ3) is 1.20. The standard InChI is InChI=1S/C7H8N4O/c12-6-1-2-9-7-5(11-6)3-8-4-10-7/h3-4H,1-2H2,(H,11,12)(H,8,9,10).